The van der Waals surface area contributed by atoms with Crippen LogP contribution in [0.2, 0.25) is 0 Å². The fourth-order valence-electron chi connectivity index (χ4n) is 1.97. The molecule has 4 nitrogen and oxygen atoms in total. The average molecular weight is 254 g/mol. The van der Waals surface area contributed by atoms with Crippen molar-refractivity contribution in [1.29, 1.82) is 5.26 Å². The van der Waals surface area contributed by atoms with Gasteiger partial charge in [0, 0.05) is 5.56 Å². The molecule has 0 fully saturated rings. The van der Waals surface area contributed by atoms with E-state index in [1.54, 1.807) is 4.68 Å². The molecular weight excluding hydrogens is 236 g/mol. The minimum absolute atomic E-state index is 0.251. The topological polar surface area (TPSA) is 67.6 Å². The molecule has 1 heterocycles. The van der Waals surface area contributed by atoms with Crippen molar-refractivity contribution in [1.82, 2.24) is 9.78 Å². The number of nitrogens with two attached hydrogens (primary N) is 1. The molecule has 19 heavy (non-hydrogen) atoms. The summed E-state index contributed by atoms with van der Waals surface area (Å²) in [5, 5.41) is 13.8. The Morgan fingerprint density at radius 3 is 2.26 bits per heavy atom. The van der Waals surface area contributed by atoms with E-state index in [0.29, 0.717) is 17.1 Å². The zero-order valence-corrected chi connectivity index (χ0v) is 11.7. The second-order valence-corrected chi connectivity index (χ2v) is 5.67. The van der Waals surface area contributed by atoms with E-state index in [2.05, 4.69) is 11.2 Å². The summed E-state index contributed by atoms with van der Waals surface area (Å²) in [5.74, 6) is 0.422. The number of anilines is 1. The van der Waals surface area contributed by atoms with Crippen molar-refractivity contribution in [2.24, 2.45) is 0 Å². The normalized spacial score (nSPS) is 11.3. The average Bonchev–Trinajstić information content (AvgIpc) is 2.67. The third-order valence-electron chi connectivity index (χ3n) is 2.99. The van der Waals surface area contributed by atoms with Gasteiger partial charge in [0.2, 0.25) is 0 Å². The third kappa shape index (κ3) is 2.32. The van der Waals surface area contributed by atoms with Crippen LogP contribution in [0.15, 0.2) is 24.3 Å². The number of hydrogen-bond donors (Lipinski definition) is 1. The maximum atomic E-state index is 9.31. The summed E-state index contributed by atoms with van der Waals surface area (Å²) in [7, 11) is 0. The molecule has 0 atom stereocenters. The minimum Gasteiger partial charge on any atom is -0.383 e. The molecule has 2 rings (SSSR count). The first-order valence-corrected chi connectivity index (χ1v) is 6.20. The lowest BCUT2D eigenvalue weighted by Crippen LogP contribution is -2.24. The Morgan fingerprint density at radius 1 is 1.21 bits per heavy atom. The lowest BCUT2D eigenvalue weighted by Gasteiger charge is -2.20. The summed E-state index contributed by atoms with van der Waals surface area (Å²) in [4.78, 5) is 0. The van der Waals surface area contributed by atoms with E-state index in [-0.39, 0.29) is 5.54 Å². The van der Waals surface area contributed by atoms with Crippen LogP contribution in [0, 0.1) is 18.3 Å². The fraction of sp³-hybridized carbons (Fsp3) is 0.333. The second-order valence-electron chi connectivity index (χ2n) is 5.67. The largest absolute Gasteiger partial charge is 0.383 e. The monoisotopic (exact) mass is 254 g/mol. The molecule has 1 aromatic heterocycles. The highest BCUT2D eigenvalue weighted by Gasteiger charge is 2.23. The van der Waals surface area contributed by atoms with Gasteiger partial charge in [-0.15, -0.1) is 0 Å². The summed E-state index contributed by atoms with van der Waals surface area (Å²) >= 11 is 0. The van der Waals surface area contributed by atoms with Crippen molar-refractivity contribution in [2.75, 3.05) is 5.73 Å². The van der Waals surface area contributed by atoms with E-state index in [1.165, 1.54) is 5.56 Å². The van der Waals surface area contributed by atoms with E-state index >= 15 is 0 Å². The second kappa shape index (κ2) is 4.43. The highest BCUT2D eigenvalue weighted by Crippen LogP contribution is 2.30. The number of benzene rings is 1. The number of nitriles is 1. The molecule has 2 N–H and O–H groups in total. The van der Waals surface area contributed by atoms with Gasteiger partial charge < -0.3 is 5.73 Å². The van der Waals surface area contributed by atoms with Crippen molar-refractivity contribution in [3.8, 4) is 17.3 Å². The first kappa shape index (κ1) is 13.2. The Bertz CT molecular complexity index is 637. The van der Waals surface area contributed by atoms with Crippen molar-refractivity contribution < 1.29 is 0 Å². The van der Waals surface area contributed by atoms with Gasteiger partial charge in [0.1, 0.15) is 23.1 Å². The lowest BCUT2D eigenvalue weighted by atomic mass is 10.1. The third-order valence-corrected chi connectivity index (χ3v) is 2.99. The highest BCUT2D eigenvalue weighted by molar-refractivity contribution is 5.72. The predicted molar refractivity (Wildman–Crippen MR) is 76.5 cm³/mol. The van der Waals surface area contributed by atoms with E-state index in [1.807, 2.05) is 52.0 Å². The van der Waals surface area contributed by atoms with Gasteiger partial charge >= 0.3 is 0 Å². The smallest absolute Gasteiger partial charge is 0.141 e. The Morgan fingerprint density at radius 2 is 1.79 bits per heavy atom. The van der Waals surface area contributed by atoms with E-state index in [9.17, 15) is 5.26 Å². The first-order chi connectivity index (χ1) is 8.84. The number of nitrogens with zero attached hydrogens (tertiary/aromatic N) is 3. The summed E-state index contributed by atoms with van der Waals surface area (Å²) in [6.45, 7) is 8.06. The molecule has 0 radical (unpaired) electrons. The van der Waals surface area contributed by atoms with E-state index in [0.717, 1.165) is 5.56 Å². The minimum atomic E-state index is -0.251. The van der Waals surface area contributed by atoms with Crippen molar-refractivity contribution in [2.45, 2.75) is 33.2 Å². The van der Waals surface area contributed by atoms with Crippen molar-refractivity contribution in [3.63, 3.8) is 0 Å². The number of nitrogen functional groups attached to an aromatic ring is 1. The van der Waals surface area contributed by atoms with Gasteiger partial charge in [-0.1, -0.05) is 29.8 Å². The lowest BCUT2D eigenvalue weighted by molar-refractivity contribution is 0.362. The van der Waals surface area contributed by atoms with Crippen LogP contribution in [0.3, 0.4) is 0 Å². The molecule has 0 amide bonds. The summed E-state index contributed by atoms with van der Waals surface area (Å²) in [6.07, 6.45) is 0. The van der Waals surface area contributed by atoms with Crippen LogP contribution in [-0.4, -0.2) is 9.78 Å². The number of hydrogen-bond acceptors (Lipinski definition) is 3. The van der Waals surface area contributed by atoms with Gasteiger partial charge in [-0.05, 0) is 27.7 Å². The van der Waals surface area contributed by atoms with Crippen LogP contribution in [0.4, 0.5) is 5.82 Å². The molecule has 0 aliphatic rings. The number of rotatable bonds is 1. The summed E-state index contributed by atoms with van der Waals surface area (Å²) < 4.78 is 1.71. The number of aryl methyl sites for hydroxylation is 1. The van der Waals surface area contributed by atoms with Gasteiger partial charge in [-0.2, -0.15) is 10.4 Å². The molecular formula is C15H18N4. The van der Waals surface area contributed by atoms with Crippen LogP contribution < -0.4 is 5.73 Å². The molecule has 0 aliphatic carbocycles. The van der Waals surface area contributed by atoms with Crippen LogP contribution >= 0.6 is 0 Å². The predicted octanol–water partition coefficient (Wildman–Crippen LogP) is 3.07. The zero-order valence-electron chi connectivity index (χ0n) is 11.7. The Hall–Kier alpha value is -2.28. The molecule has 0 bridgehead atoms. The van der Waals surface area contributed by atoms with Crippen LogP contribution in [0.5, 0.6) is 0 Å². The summed E-state index contributed by atoms with van der Waals surface area (Å²) in [6, 6.07) is 10.1. The van der Waals surface area contributed by atoms with E-state index < -0.39 is 0 Å². The zero-order chi connectivity index (χ0) is 14.2. The van der Waals surface area contributed by atoms with E-state index in [4.69, 9.17) is 5.73 Å². The van der Waals surface area contributed by atoms with Crippen LogP contribution in [0.1, 0.15) is 31.9 Å². The van der Waals surface area contributed by atoms with Gasteiger partial charge in [0.15, 0.2) is 0 Å². The molecule has 98 valence electrons. The van der Waals surface area contributed by atoms with Crippen LogP contribution in [-0.2, 0) is 5.54 Å². The van der Waals surface area contributed by atoms with Crippen molar-refractivity contribution in [3.05, 3.63) is 35.4 Å². The Labute approximate surface area is 113 Å². The molecule has 1 aromatic carbocycles. The number of aromatic nitrogens is 2. The molecule has 0 aliphatic heterocycles. The maximum absolute atomic E-state index is 9.31. The fourth-order valence-corrected chi connectivity index (χ4v) is 1.97. The molecule has 0 saturated heterocycles. The SMILES string of the molecule is Cc1ccc(-c2nn(C(C)(C)C)c(N)c2C#N)cc1. The quantitative estimate of drug-likeness (QED) is 0.850. The van der Waals surface area contributed by atoms with Gasteiger partial charge in [-0.3, -0.25) is 0 Å². The Balaban J connectivity index is 2.65. The van der Waals surface area contributed by atoms with Crippen LogP contribution in [0.25, 0.3) is 11.3 Å². The molecule has 0 spiro atoms. The van der Waals surface area contributed by atoms with Crippen molar-refractivity contribution >= 4 is 5.82 Å². The standard InChI is InChI=1S/C15H18N4/c1-10-5-7-11(8-6-10)13-12(9-16)14(17)19(18-13)15(2,3)4/h5-8H,17H2,1-4H3. The first-order valence-electron chi connectivity index (χ1n) is 6.20. The van der Waals surface area contributed by atoms with Gasteiger partial charge in [0.25, 0.3) is 0 Å². The molecule has 2 aromatic rings. The van der Waals surface area contributed by atoms with Gasteiger partial charge in [0.05, 0.1) is 5.54 Å². The van der Waals surface area contributed by atoms with Gasteiger partial charge in [-0.25, -0.2) is 4.68 Å². The molecule has 4 heteroatoms. The molecule has 0 saturated carbocycles. The Kier molecular flexibility index (Phi) is 3.07. The maximum Gasteiger partial charge on any atom is 0.141 e. The summed E-state index contributed by atoms with van der Waals surface area (Å²) in [5.41, 5.74) is 8.97. The highest BCUT2D eigenvalue weighted by atomic mass is 15.3. The molecule has 0 unspecified atom stereocenters.